The van der Waals surface area contributed by atoms with Gasteiger partial charge >= 0.3 is 31.4 Å². The van der Waals surface area contributed by atoms with Crippen LogP contribution in [-0.2, 0) is 0 Å². The van der Waals surface area contributed by atoms with Crippen molar-refractivity contribution in [3.63, 3.8) is 0 Å². The van der Waals surface area contributed by atoms with Crippen LogP contribution in [0.4, 0.5) is 0 Å². The monoisotopic (exact) mass is 316 g/mol. The van der Waals surface area contributed by atoms with Crippen LogP contribution in [0, 0.1) is 0 Å². The Kier molecular flexibility index (Phi) is 743. The molecule has 0 amide bonds. The normalized spacial score (nSPS) is 4.29. The molecule has 0 aromatic heterocycles. The first-order valence-corrected chi connectivity index (χ1v) is 12.1. The average Bonchev–Trinajstić information content (AvgIpc) is 2.31. The number of hydrogen-bond donors (Lipinski definition) is 0. The van der Waals surface area contributed by atoms with Crippen molar-refractivity contribution in [3.8, 4) is 0 Å². The predicted molar refractivity (Wildman–Crippen MR) is 80.2 cm³/mol. The predicted octanol–water partition coefficient (Wildman–Crippen LogP) is 6.04. The number of rotatable bonds is 0. The van der Waals surface area contributed by atoms with Crippen LogP contribution >= 0.6 is 0 Å². The van der Waals surface area contributed by atoms with Crippen molar-refractivity contribution in [1.82, 2.24) is 0 Å². The second-order valence-corrected chi connectivity index (χ2v) is 4.06. The molecule has 0 saturated heterocycles. The zero-order chi connectivity index (χ0) is 13.4. The van der Waals surface area contributed by atoms with Gasteiger partial charge in [0.1, 0.15) is 0 Å². The van der Waals surface area contributed by atoms with Crippen molar-refractivity contribution in [2.45, 2.75) is 85.4 Å². The standard InChI is InChI=1S/C3H8.4C2H6.2CH3.Sb.H/c1-3-2;4*1-2;;;;/h3H2,1-2H3;4*1-2H3;2*1H3;;. The van der Waals surface area contributed by atoms with Crippen molar-refractivity contribution < 1.29 is 0 Å². The van der Waals surface area contributed by atoms with Crippen LogP contribution in [0.3, 0.4) is 0 Å². The quantitative estimate of drug-likeness (QED) is 0.478. The maximum absolute atomic E-state index is 2.30. The summed E-state index contributed by atoms with van der Waals surface area (Å²) in [6.07, 6.45) is 1.25. The first-order valence-electron chi connectivity index (χ1n) is 6.41. The van der Waals surface area contributed by atoms with Crippen LogP contribution in [0.1, 0.15) is 75.7 Å². The van der Waals surface area contributed by atoms with Gasteiger partial charge in [0.2, 0.25) is 0 Å². The van der Waals surface area contributed by atoms with Crippen LogP contribution in [0.15, 0.2) is 0 Å². The van der Waals surface area contributed by atoms with Crippen molar-refractivity contribution >= 4 is 21.6 Å². The van der Waals surface area contributed by atoms with E-state index in [0.717, 1.165) is 0 Å². The molecule has 0 nitrogen and oxygen atoms in total. The molecule has 0 aromatic carbocycles. The van der Waals surface area contributed by atoms with Crippen LogP contribution in [0.25, 0.3) is 0 Å². The van der Waals surface area contributed by atoms with E-state index in [4.69, 9.17) is 0 Å². The molecular formula is C13H39Sb. The Morgan fingerprint density at radius 3 is 0.571 bits per heavy atom. The van der Waals surface area contributed by atoms with Crippen LogP contribution in [0.5, 0.6) is 0 Å². The second-order valence-electron chi connectivity index (χ2n) is 1.21. The Bertz CT molecular complexity index is 7.20. The van der Waals surface area contributed by atoms with E-state index < -0.39 is 0 Å². The summed E-state index contributed by atoms with van der Waals surface area (Å²) in [5.41, 5.74) is 0. The Balaban J connectivity index is -0.0000000139. The molecule has 0 bridgehead atoms. The zero-order valence-electron chi connectivity index (χ0n) is 13.2. The summed E-state index contributed by atoms with van der Waals surface area (Å²) in [5.74, 6) is 0. The van der Waals surface area contributed by atoms with E-state index in [1.54, 1.807) is 0 Å². The van der Waals surface area contributed by atoms with E-state index in [1.807, 2.05) is 55.4 Å². The first kappa shape index (κ1) is 36.4. The first-order chi connectivity index (χ1) is 6.83. The van der Waals surface area contributed by atoms with Gasteiger partial charge in [-0.3, -0.25) is 0 Å². The molecule has 0 spiro atoms. The molecule has 0 aromatic rings. The molecule has 0 aliphatic heterocycles. The van der Waals surface area contributed by atoms with Crippen molar-refractivity contribution in [2.75, 3.05) is 0 Å². The molecule has 0 atom stereocenters. The SMILES string of the molecule is CC.CC.CC.CC.CCC.[CH3][SbH][CH3]. The van der Waals surface area contributed by atoms with Crippen LogP contribution in [-0.4, -0.2) is 21.6 Å². The van der Waals surface area contributed by atoms with E-state index in [1.165, 1.54) is 6.42 Å². The fourth-order valence-corrected chi connectivity index (χ4v) is 0. The Morgan fingerprint density at radius 1 is 0.571 bits per heavy atom. The minimum atomic E-state index is 0.230. The Morgan fingerprint density at radius 2 is 0.571 bits per heavy atom. The third kappa shape index (κ3) is 2670. The van der Waals surface area contributed by atoms with Crippen molar-refractivity contribution in [2.24, 2.45) is 0 Å². The van der Waals surface area contributed by atoms with Crippen molar-refractivity contribution in [3.05, 3.63) is 0 Å². The molecule has 0 fully saturated rings. The summed E-state index contributed by atoms with van der Waals surface area (Å²) in [6.45, 7) is 20.2. The second kappa shape index (κ2) is 286. The Labute approximate surface area is 107 Å². The molecule has 0 unspecified atom stereocenters. The third-order valence-corrected chi connectivity index (χ3v) is 0. The van der Waals surface area contributed by atoms with E-state index in [0.29, 0.717) is 0 Å². The van der Waals surface area contributed by atoms with Gasteiger partial charge in [-0.05, 0) is 0 Å². The Hall–Kier alpha value is 0.818. The summed E-state index contributed by atoms with van der Waals surface area (Å²) in [7, 11) is 0. The van der Waals surface area contributed by atoms with Crippen molar-refractivity contribution in [1.29, 1.82) is 0 Å². The zero-order valence-corrected chi connectivity index (χ0v) is 16.1. The van der Waals surface area contributed by atoms with Gasteiger partial charge < -0.3 is 0 Å². The molecule has 0 aliphatic carbocycles. The molecule has 0 saturated carbocycles. The van der Waals surface area contributed by atoms with Gasteiger partial charge in [0, 0.05) is 0 Å². The van der Waals surface area contributed by atoms with Gasteiger partial charge in [-0.2, -0.15) is 0 Å². The molecule has 0 heterocycles. The summed E-state index contributed by atoms with van der Waals surface area (Å²) in [5, 5.41) is 0. The minimum absolute atomic E-state index is 0.230. The third-order valence-electron chi connectivity index (χ3n) is 0. The molecule has 0 rings (SSSR count). The maximum atomic E-state index is 2.30. The molecular weight excluding hydrogens is 278 g/mol. The fourth-order valence-electron chi connectivity index (χ4n) is 0. The van der Waals surface area contributed by atoms with E-state index in [-0.39, 0.29) is 21.6 Å². The molecule has 0 N–H and O–H groups in total. The van der Waals surface area contributed by atoms with Gasteiger partial charge in [0.05, 0.1) is 0 Å². The molecule has 0 radical (unpaired) electrons. The molecule has 14 heavy (non-hydrogen) atoms. The van der Waals surface area contributed by atoms with Gasteiger partial charge in [0.25, 0.3) is 0 Å². The van der Waals surface area contributed by atoms with E-state index in [2.05, 4.69) is 23.6 Å². The summed E-state index contributed by atoms with van der Waals surface area (Å²) in [4.78, 5) is 4.59. The molecule has 0 aliphatic rings. The average molecular weight is 317 g/mol. The van der Waals surface area contributed by atoms with Gasteiger partial charge in [-0.25, -0.2) is 0 Å². The van der Waals surface area contributed by atoms with Crippen LogP contribution in [0.2, 0.25) is 9.74 Å². The topological polar surface area (TPSA) is 0 Å². The van der Waals surface area contributed by atoms with Crippen LogP contribution < -0.4 is 0 Å². The molecule has 1 heteroatoms. The summed E-state index contributed by atoms with van der Waals surface area (Å²) >= 11 is 0.230. The summed E-state index contributed by atoms with van der Waals surface area (Å²) < 4.78 is 0. The summed E-state index contributed by atoms with van der Waals surface area (Å²) in [6, 6.07) is 0. The van der Waals surface area contributed by atoms with E-state index >= 15 is 0 Å². The van der Waals surface area contributed by atoms with Gasteiger partial charge in [0.15, 0.2) is 0 Å². The molecule has 96 valence electrons. The number of hydrogen-bond acceptors (Lipinski definition) is 0. The van der Waals surface area contributed by atoms with E-state index in [9.17, 15) is 0 Å². The van der Waals surface area contributed by atoms with Gasteiger partial charge in [-0.1, -0.05) is 75.7 Å². The van der Waals surface area contributed by atoms with Gasteiger partial charge in [-0.15, -0.1) is 0 Å². The fraction of sp³-hybridized carbons (Fsp3) is 1.00.